The number of thiophene rings is 1. The molecule has 0 saturated heterocycles. The molecule has 2 aromatic carbocycles. The van der Waals surface area contributed by atoms with Crippen molar-refractivity contribution in [2.24, 2.45) is 0 Å². The van der Waals surface area contributed by atoms with Gasteiger partial charge in [-0.1, -0.05) is 41.0 Å². The molecule has 0 saturated carbocycles. The van der Waals surface area contributed by atoms with Crippen LogP contribution in [0.25, 0.3) is 32.4 Å². The number of nitrogens with one attached hydrogen (secondary N) is 1. The first kappa shape index (κ1) is 21.9. The summed E-state index contributed by atoms with van der Waals surface area (Å²) in [6, 6.07) is 12.9. The smallest absolute Gasteiger partial charge is 0.268 e. The number of carbonyl (C=O) groups excluding carboxylic acids is 1. The number of fused-ring (bicyclic) bond motifs is 1. The van der Waals surface area contributed by atoms with Crippen molar-refractivity contribution in [3.05, 3.63) is 81.6 Å². The number of hydrogen-bond acceptors (Lipinski definition) is 7. The van der Waals surface area contributed by atoms with Gasteiger partial charge in [0.25, 0.3) is 11.4 Å². The van der Waals surface area contributed by atoms with Crippen molar-refractivity contribution < 1.29 is 13.7 Å². The summed E-state index contributed by atoms with van der Waals surface area (Å²) in [7, 11) is 0. The molecule has 0 atom stereocenters. The van der Waals surface area contributed by atoms with Crippen LogP contribution < -0.4 is 10.9 Å². The summed E-state index contributed by atoms with van der Waals surface area (Å²) >= 11 is 7.45. The summed E-state index contributed by atoms with van der Waals surface area (Å²) in [5.74, 6) is -0.556. The molecule has 1 N–H and O–H groups in total. The molecule has 3 aromatic heterocycles. The van der Waals surface area contributed by atoms with E-state index in [0.29, 0.717) is 37.1 Å². The third-order valence-corrected chi connectivity index (χ3v) is 6.63. The molecule has 0 unspecified atom stereocenters. The number of aromatic nitrogens is 4. The molecule has 0 aliphatic heterocycles. The molecule has 0 bridgehead atoms. The molecule has 5 rings (SSSR count). The lowest BCUT2D eigenvalue weighted by molar-refractivity contribution is -0.116. The third kappa shape index (κ3) is 3.97. The van der Waals surface area contributed by atoms with Crippen LogP contribution in [0.3, 0.4) is 0 Å². The van der Waals surface area contributed by atoms with E-state index in [1.807, 2.05) is 6.07 Å². The Morgan fingerprint density at radius 3 is 2.76 bits per heavy atom. The number of aryl methyl sites for hydroxylation is 1. The van der Waals surface area contributed by atoms with Crippen LogP contribution in [0.15, 0.2) is 64.2 Å². The molecule has 0 radical (unpaired) electrons. The van der Waals surface area contributed by atoms with Crippen LogP contribution in [0.2, 0.25) is 5.02 Å². The fourth-order valence-corrected chi connectivity index (χ4v) is 4.73. The van der Waals surface area contributed by atoms with Gasteiger partial charge in [0.1, 0.15) is 17.2 Å². The first-order chi connectivity index (χ1) is 16.4. The highest BCUT2D eigenvalue weighted by Gasteiger charge is 2.21. The van der Waals surface area contributed by atoms with E-state index in [2.05, 4.69) is 20.4 Å². The summed E-state index contributed by atoms with van der Waals surface area (Å²) in [4.78, 5) is 35.3. The van der Waals surface area contributed by atoms with E-state index in [-0.39, 0.29) is 18.1 Å². The quantitative estimate of drug-likeness (QED) is 0.371. The number of hydrogen-bond donors (Lipinski definition) is 1. The average molecular weight is 496 g/mol. The van der Waals surface area contributed by atoms with Crippen LogP contribution in [0.1, 0.15) is 5.56 Å². The van der Waals surface area contributed by atoms with Crippen molar-refractivity contribution in [3.8, 4) is 22.2 Å². The van der Waals surface area contributed by atoms with Gasteiger partial charge in [-0.3, -0.25) is 14.2 Å². The minimum atomic E-state index is -0.564. The van der Waals surface area contributed by atoms with E-state index in [1.54, 1.807) is 31.2 Å². The molecule has 0 fully saturated rings. The molecule has 1 amide bonds. The Bertz CT molecular complexity index is 1610. The molecular formula is C23H15ClFN5O3S. The lowest BCUT2D eigenvalue weighted by Gasteiger charge is -2.08. The molecule has 0 aliphatic carbocycles. The van der Waals surface area contributed by atoms with Crippen molar-refractivity contribution in [1.29, 1.82) is 0 Å². The Labute approximate surface area is 200 Å². The van der Waals surface area contributed by atoms with E-state index in [4.69, 9.17) is 16.1 Å². The molecule has 0 aliphatic rings. The van der Waals surface area contributed by atoms with E-state index in [0.717, 1.165) is 0 Å². The van der Waals surface area contributed by atoms with Crippen LogP contribution in [-0.2, 0) is 11.3 Å². The van der Waals surface area contributed by atoms with Gasteiger partial charge in [0.05, 0.1) is 27.3 Å². The molecule has 0 spiro atoms. The van der Waals surface area contributed by atoms with Gasteiger partial charge < -0.3 is 9.84 Å². The molecular weight excluding hydrogens is 481 g/mol. The number of benzene rings is 2. The largest absolute Gasteiger partial charge is 0.333 e. The van der Waals surface area contributed by atoms with Gasteiger partial charge in [0.15, 0.2) is 0 Å². The molecule has 11 heteroatoms. The van der Waals surface area contributed by atoms with Crippen LogP contribution >= 0.6 is 22.9 Å². The molecule has 170 valence electrons. The predicted molar refractivity (Wildman–Crippen MR) is 127 cm³/mol. The number of anilines is 1. The van der Waals surface area contributed by atoms with Crippen molar-refractivity contribution in [1.82, 2.24) is 19.7 Å². The summed E-state index contributed by atoms with van der Waals surface area (Å²) < 4.78 is 20.4. The highest BCUT2D eigenvalue weighted by molar-refractivity contribution is 7.22. The van der Waals surface area contributed by atoms with Crippen molar-refractivity contribution in [2.45, 2.75) is 13.5 Å². The maximum atomic E-state index is 13.8. The maximum Gasteiger partial charge on any atom is 0.268 e. The Kier molecular flexibility index (Phi) is 5.68. The van der Waals surface area contributed by atoms with Crippen molar-refractivity contribution in [2.75, 3.05) is 5.32 Å². The fourth-order valence-electron chi connectivity index (χ4n) is 3.45. The average Bonchev–Trinajstić information content (AvgIpc) is 3.43. The normalized spacial score (nSPS) is 11.1. The highest BCUT2D eigenvalue weighted by atomic mass is 35.5. The molecule has 34 heavy (non-hydrogen) atoms. The Morgan fingerprint density at radius 1 is 1.21 bits per heavy atom. The van der Waals surface area contributed by atoms with E-state index < -0.39 is 17.3 Å². The van der Waals surface area contributed by atoms with Gasteiger partial charge in [-0.25, -0.2) is 9.37 Å². The molecule has 8 nitrogen and oxygen atoms in total. The van der Waals surface area contributed by atoms with Crippen LogP contribution in [-0.4, -0.2) is 25.6 Å². The number of amides is 1. The van der Waals surface area contributed by atoms with Gasteiger partial charge in [-0.15, -0.1) is 11.3 Å². The van der Waals surface area contributed by atoms with E-state index in [1.165, 1.54) is 40.4 Å². The SMILES string of the molecule is Cc1c(-c2nc(-c3ccccc3Cl)no2)sc2ncn(CC(=O)Nc3ccccc3F)c(=O)c12. The van der Waals surface area contributed by atoms with Crippen molar-refractivity contribution >= 4 is 44.7 Å². The number of nitrogens with zero attached hydrogens (tertiary/aromatic N) is 4. The fraction of sp³-hybridized carbons (Fsp3) is 0.0870. The zero-order chi connectivity index (χ0) is 23.8. The standard InChI is InChI=1S/C23H15ClFN5O3S/c1-12-18-22(34-19(12)21-28-20(29-33-21)13-6-2-3-7-14(13)24)26-11-30(23(18)32)10-17(31)27-16-9-5-4-8-15(16)25/h2-9,11H,10H2,1H3,(H,27,31). The minimum absolute atomic E-state index is 0.0364. The van der Waals surface area contributed by atoms with Crippen LogP contribution in [0.5, 0.6) is 0 Å². The number of carbonyl (C=O) groups is 1. The monoisotopic (exact) mass is 495 g/mol. The van der Waals surface area contributed by atoms with E-state index in [9.17, 15) is 14.0 Å². The summed E-state index contributed by atoms with van der Waals surface area (Å²) in [6.45, 7) is 1.43. The van der Waals surface area contributed by atoms with Gasteiger partial charge >= 0.3 is 0 Å². The number of rotatable bonds is 5. The zero-order valence-corrected chi connectivity index (χ0v) is 19.2. The zero-order valence-electron chi connectivity index (χ0n) is 17.6. The Balaban J connectivity index is 1.46. The second-order valence-electron chi connectivity index (χ2n) is 7.34. The molecule has 5 aromatic rings. The highest BCUT2D eigenvalue weighted by Crippen LogP contribution is 2.36. The minimum Gasteiger partial charge on any atom is -0.333 e. The lowest BCUT2D eigenvalue weighted by Crippen LogP contribution is -2.28. The van der Waals surface area contributed by atoms with Gasteiger partial charge in [-0.2, -0.15) is 4.98 Å². The first-order valence-corrected chi connectivity index (χ1v) is 11.2. The Hall–Kier alpha value is -3.89. The number of halogens is 2. The second-order valence-corrected chi connectivity index (χ2v) is 8.75. The summed E-state index contributed by atoms with van der Waals surface area (Å²) in [5, 5.41) is 7.30. The second kappa shape index (κ2) is 8.81. The first-order valence-electron chi connectivity index (χ1n) is 10.0. The predicted octanol–water partition coefficient (Wildman–Crippen LogP) is 4.91. The van der Waals surface area contributed by atoms with E-state index >= 15 is 0 Å². The summed E-state index contributed by atoms with van der Waals surface area (Å²) in [6.07, 6.45) is 1.29. The number of para-hydroxylation sites is 1. The van der Waals surface area contributed by atoms with Crippen LogP contribution in [0.4, 0.5) is 10.1 Å². The third-order valence-electron chi connectivity index (χ3n) is 5.11. The van der Waals surface area contributed by atoms with Crippen LogP contribution in [0, 0.1) is 12.7 Å². The maximum absolute atomic E-state index is 13.8. The lowest BCUT2D eigenvalue weighted by atomic mass is 10.2. The summed E-state index contributed by atoms with van der Waals surface area (Å²) in [5.41, 5.74) is 0.865. The molecule has 3 heterocycles. The van der Waals surface area contributed by atoms with Gasteiger partial charge in [0.2, 0.25) is 11.7 Å². The van der Waals surface area contributed by atoms with Gasteiger partial charge in [-0.05, 0) is 36.8 Å². The Morgan fingerprint density at radius 2 is 1.97 bits per heavy atom. The van der Waals surface area contributed by atoms with Gasteiger partial charge in [0, 0.05) is 5.56 Å². The topological polar surface area (TPSA) is 103 Å². The van der Waals surface area contributed by atoms with Crippen molar-refractivity contribution in [3.63, 3.8) is 0 Å².